The summed E-state index contributed by atoms with van der Waals surface area (Å²) in [5.41, 5.74) is 0.483. The molecule has 2 N–H and O–H groups in total. The van der Waals surface area contributed by atoms with Crippen molar-refractivity contribution in [3.05, 3.63) is 34.9 Å². The zero-order valence-corrected chi connectivity index (χ0v) is 12.6. The van der Waals surface area contributed by atoms with Crippen molar-refractivity contribution in [1.82, 2.24) is 10.6 Å². The van der Waals surface area contributed by atoms with Crippen LogP contribution in [-0.4, -0.2) is 51.8 Å². The largest absolute Gasteiger partial charge is 0.382 e. The molecule has 0 saturated carbocycles. The molecule has 2 amide bonds. The van der Waals surface area contributed by atoms with Gasteiger partial charge >= 0.3 is 0 Å². The molecule has 0 unspecified atom stereocenters. The standard InChI is InChI=1S/C14H19ClN2O4/c1-20-7-8-21-10-13(18)16-5-6-17-14(19)11-3-2-4-12(15)9-11/h2-4,9H,5-8,10H2,1H3,(H,16,18)(H,17,19). The van der Waals surface area contributed by atoms with E-state index in [0.29, 0.717) is 36.9 Å². The summed E-state index contributed by atoms with van der Waals surface area (Å²) in [6.45, 7) is 1.46. The Morgan fingerprint density at radius 3 is 2.67 bits per heavy atom. The summed E-state index contributed by atoms with van der Waals surface area (Å²) in [5.74, 6) is -0.466. The molecular formula is C14H19ClN2O4. The van der Waals surface area contributed by atoms with Gasteiger partial charge in [-0.3, -0.25) is 9.59 Å². The van der Waals surface area contributed by atoms with E-state index in [-0.39, 0.29) is 18.4 Å². The molecule has 0 aliphatic heterocycles. The van der Waals surface area contributed by atoms with Crippen molar-refractivity contribution in [3.8, 4) is 0 Å². The van der Waals surface area contributed by atoms with E-state index in [9.17, 15) is 9.59 Å². The van der Waals surface area contributed by atoms with Crippen molar-refractivity contribution in [1.29, 1.82) is 0 Å². The highest BCUT2D eigenvalue weighted by atomic mass is 35.5. The molecule has 0 radical (unpaired) electrons. The van der Waals surface area contributed by atoms with Crippen LogP contribution >= 0.6 is 11.6 Å². The molecule has 0 saturated heterocycles. The van der Waals surface area contributed by atoms with Gasteiger partial charge in [0.05, 0.1) is 13.2 Å². The molecule has 0 heterocycles. The Kier molecular flexibility index (Phi) is 8.42. The lowest BCUT2D eigenvalue weighted by Gasteiger charge is -2.08. The topological polar surface area (TPSA) is 76.7 Å². The van der Waals surface area contributed by atoms with E-state index in [4.69, 9.17) is 21.1 Å². The van der Waals surface area contributed by atoms with Gasteiger partial charge < -0.3 is 20.1 Å². The van der Waals surface area contributed by atoms with Crippen LogP contribution in [0.15, 0.2) is 24.3 Å². The summed E-state index contributed by atoms with van der Waals surface area (Å²) in [4.78, 5) is 23.1. The fourth-order valence-electron chi connectivity index (χ4n) is 1.47. The third-order valence-electron chi connectivity index (χ3n) is 2.48. The minimum Gasteiger partial charge on any atom is -0.382 e. The third kappa shape index (κ3) is 7.65. The average molecular weight is 315 g/mol. The van der Waals surface area contributed by atoms with Gasteiger partial charge in [-0.15, -0.1) is 0 Å². The second-order valence-corrected chi connectivity index (χ2v) is 4.60. The Labute approximate surface area is 128 Å². The summed E-state index contributed by atoms with van der Waals surface area (Å²) in [6, 6.07) is 6.65. The highest BCUT2D eigenvalue weighted by molar-refractivity contribution is 6.30. The molecule has 6 nitrogen and oxygen atoms in total. The number of carbonyl (C=O) groups excluding carboxylic acids is 2. The fraction of sp³-hybridized carbons (Fsp3) is 0.429. The number of carbonyl (C=O) groups is 2. The monoisotopic (exact) mass is 314 g/mol. The van der Waals surface area contributed by atoms with Crippen LogP contribution in [-0.2, 0) is 14.3 Å². The third-order valence-corrected chi connectivity index (χ3v) is 2.72. The van der Waals surface area contributed by atoms with Crippen molar-refractivity contribution in [2.24, 2.45) is 0 Å². The van der Waals surface area contributed by atoms with Crippen LogP contribution < -0.4 is 10.6 Å². The Balaban J connectivity index is 2.13. The van der Waals surface area contributed by atoms with Gasteiger partial charge in [0.15, 0.2) is 0 Å². The molecular weight excluding hydrogens is 296 g/mol. The van der Waals surface area contributed by atoms with Crippen molar-refractivity contribution >= 4 is 23.4 Å². The first-order valence-electron chi connectivity index (χ1n) is 6.50. The number of rotatable bonds is 9. The molecule has 0 atom stereocenters. The van der Waals surface area contributed by atoms with Gasteiger partial charge in [0.2, 0.25) is 5.91 Å². The van der Waals surface area contributed by atoms with Crippen LogP contribution in [0.2, 0.25) is 5.02 Å². The van der Waals surface area contributed by atoms with Gasteiger partial charge in [-0.1, -0.05) is 17.7 Å². The maximum Gasteiger partial charge on any atom is 0.251 e. The number of benzene rings is 1. The maximum absolute atomic E-state index is 11.8. The average Bonchev–Trinajstić information content (AvgIpc) is 2.48. The molecule has 21 heavy (non-hydrogen) atoms. The van der Waals surface area contributed by atoms with E-state index >= 15 is 0 Å². The Bertz CT molecular complexity index is 468. The van der Waals surface area contributed by atoms with Crippen molar-refractivity contribution in [2.75, 3.05) is 40.0 Å². The van der Waals surface area contributed by atoms with Gasteiger partial charge in [-0.05, 0) is 18.2 Å². The minimum atomic E-state index is -0.233. The SMILES string of the molecule is COCCOCC(=O)NCCNC(=O)c1cccc(Cl)c1. The van der Waals surface area contributed by atoms with Crippen molar-refractivity contribution < 1.29 is 19.1 Å². The molecule has 1 rings (SSSR count). The van der Waals surface area contributed by atoms with Crippen LogP contribution in [0.3, 0.4) is 0 Å². The second-order valence-electron chi connectivity index (χ2n) is 4.16. The number of hydrogen-bond donors (Lipinski definition) is 2. The predicted molar refractivity (Wildman–Crippen MR) is 79.5 cm³/mol. The highest BCUT2D eigenvalue weighted by Crippen LogP contribution is 2.10. The second kappa shape index (κ2) is 10.1. The van der Waals surface area contributed by atoms with Crippen LogP contribution in [0.4, 0.5) is 0 Å². The molecule has 7 heteroatoms. The lowest BCUT2D eigenvalue weighted by atomic mass is 10.2. The summed E-state index contributed by atoms with van der Waals surface area (Å²) in [5, 5.41) is 5.82. The van der Waals surface area contributed by atoms with Crippen LogP contribution in [0, 0.1) is 0 Å². The van der Waals surface area contributed by atoms with Gasteiger partial charge in [0.25, 0.3) is 5.91 Å². The van der Waals surface area contributed by atoms with Crippen LogP contribution in [0.5, 0.6) is 0 Å². The first kappa shape index (κ1) is 17.4. The molecule has 0 fully saturated rings. The number of nitrogens with one attached hydrogen (secondary N) is 2. The number of halogens is 1. The zero-order valence-electron chi connectivity index (χ0n) is 11.9. The van der Waals surface area contributed by atoms with Crippen LogP contribution in [0.1, 0.15) is 10.4 Å². The fourth-order valence-corrected chi connectivity index (χ4v) is 1.66. The minimum absolute atomic E-state index is 0.0222. The van der Waals surface area contributed by atoms with E-state index in [1.807, 2.05) is 0 Å². The van der Waals surface area contributed by atoms with Crippen LogP contribution in [0.25, 0.3) is 0 Å². The van der Waals surface area contributed by atoms with E-state index in [1.54, 1.807) is 31.4 Å². The lowest BCUT2D eigenvalue weighted by molar-refractivity contribution is -0.126. The van der Waals surface area contributed by atoms with Gasteiger partial charge in [0, 0.05) is 30.8 Å². The smallest absolute Gasteiger partial charge is 0.251 e. The number of hydrogen-bond acceptors (Lipinski definition) is 4. The molecule has 0 aromatic heterocycles. The van der Waals surface area contributed by atoms with E-state index in [1.165, 1.54) is 0 Å². The number of amides is 2. The summed E-state index contributed by atoms with van der Waals surface area (Å²) < 4.78 is 9.84. The predicted octanol–water partition coefficient (Wildman–Crippen LogP) is 0.849. The summed E-state index contributed by atoms with van der Waals surface area (Å²) in [7, 11) is 1.56. The first-order chi connectivity index (χ1) is 10.1. The Morgan fingerprint density at radius 1 is 1.19 bits per heavy atom. The van der Waals surface area contributed by atoms with Gasteiger partial charge in [-0.25, -0.2) is 0 Å². The molecule has 0 bridgehead atoms. The summed E-state index contributed by atoms with van der Waals surface area (Å²) >= 11 is 5.80. The number of methoxy groups -OCH3 is 1. The van der Waals surface area contributed by atoms with E-state index in [2.05, 4.69) is 10.6 Å². The quantitative estimate of drug-likeness (QED) is 0.663. The molecule has 1 aromatic carbocycles. The molecule has 1 aromatic rings. The molecule has 0 aliphatic carbocycles. The van der Waals surface area contributed by atoms with E-state index in [0.717, 1.165) is 0 Å². The maximum atomic E-state index is 11.8. The van der Waals surface area contributed by atoms with Gasteiger partial charge in [0.1, 0.15) is 6.61 Å². The lowest BCUT2D eigenvalue weighted by Crippen LogP contribution is -2.36. The zero-order chi connectivity index (χ0) is 15.5. The Morgan fingerprint density at radius 2 is 1.95 bits per heavy atom. The number of ether oxygens (including phenoxy) is 2. The Hall–Kier alpha value is -1.63. The molecule has 0 spiro atoms. The first-order valence-corrected chi connectivity index (χ1v) is 6.88. The summed E-state index contributed by atoms with van der Waals surface area (Å²) in [6.07, 6.45) is 0. The molecule has 116 valence electrons. The van der Waals surface area contributed by atoms with Crippen molar-refractivity contribution in [3.63, 3.8) is 0 Å². The van der Waals surface area contributed by atoms with Crippen molar-refractivity contribution in [2.45, 2.75) is 0 Å². The van der Waals surface area contributed by atoms with Gasteiger partial charge in [-0.2, -0.15) is 0 Å². The normalized spacial score (nSPS) is 10.2. The van der Waals surface area contributed by atoms with E-state index < -0.39 is 0 Å². The molecule has 0 aliphatic rings. The highest BCUT2D eigenvalue weighted by Gasteiger charge is 2.05.